The van der Waals surface area contributed by atoms with Crippen LogP contribution in [0.4, 0.5) is 11.4 Å². The summed E-state index contributed by atoms with van der Waals surface area (Å²) in [5.74, 6) is -3.42. The highest BCUT2D eigenvalue weighted by Gasteiger charge is 2.43. The Bertz CT molecular complexity index is 1190. The molecule has 1 aliphatic rings. The lowest BCUT2D eigenvalue weighted by Crippen LogP contribution is -2.48. The molecule has 160 valence electrons. The molecular formula is C25H20N2O5. The van der Waals surface area contributed by atoms with Gasteiger partial charge in [-0.15, -0.1) is 0 Å². The maximum absolute atomic E-state index is 13.4. The Kier molecular flexibility index (Phi) is 5.81. The Morgan fingerprint density at radius 3 is 2.25 bits per heavy atom. The molecule has 1 unspecified atom stereocenters. The van der Waals surface area contributed by atoms with Gasteiger partial charge >= 0.3 is 5.97 Å². The average Bonchev–Trinajstić information content (AvgIpc) is 2.80. The zero-order valence-corrected chi connectivity index (χ0v) is 17.3. The Balaban J connectivity index is 1.70. The van der Waals surface area contributed by atoms with Gasteiger partial charge in [0.05, 0.1) is 17.9 Å². The molecule has 0 fully saturated rings. The van der Waals surface area contributed by atoms with Gasteiger partial charge in [-0.05, 0) is 55.0 Å². The number of hydrogen-bond donors (Lipinski definition) is 1. The Hall–Kier alpha value is -4.26. The van der Waals surface area contributed by atoms with E-state index in [1.807, 2.05) is 6.07 Å². The first-order valence-electron chi connectivity index (χ1n) is 10.1. The van der Waals surface area contributed by atoms with E-state index < -0.39 is 29.6 Å². The predicted octanol–water partition coefficient (Wildman–Crippen LogP) is 3.77. The first-order valence-corrected chi connectivity index (χ1v) is 10.1. The van der Waals surface area contributed by atoms with Gasteiger partial charge in [0.25, 0.3) is 11.8 Å². The number of nitrogens with one attached hydrogen (secondary N) is 1. The number of fused-ring (bicyclic) bond motifs is 1. The fourth-order valence-electron chi connectivity index (χ4n) is 3.62. The van der Waals surface area contributed by atoms with E-state index in [0.29, 0.717) is 16.8 Å². The highest BCUT2D eigenvalue weighted by atomic mass is 16.5. The van der Waals surface area contributed by atoms with Crippen molar-refractivity contribution < 1.29 is 23.9 Å². The second kappa shape index (κ2) is 8.85. The number of para-hydroxylation sites is 1. The van der Waals surface area contributed by atoms with Crippen molar-refractivity contribution in [1.29, 1.82) is 0 Å². The maximum atomic E-state index is 13.4. The van der Waals surface area contributed by atoms with Crippen molar-refractivity contribution in [2.24, 2.45) is 0 Å². The van der Waals surface area contributed by atoms with Crippen LogP contribution >= 0.6 is 0 Å². The van der Waals surface area contributed by atoms with E-state index in [0.717, 1.165) is 4.90 Å². The number of esters is 1. The maximum Gasteiger partial charge on any atom is 0.338 e. The molecule has 7 nitrogen and oxygen atoms in total. The molecule has 1 N–H and O–H groups in total. The standard InChI is InChI=1S/C25H20N2O5/c1-2-32-25(31)16-12-14-18(15-13-16)27-23(29)20-11-7-6-10-19(20)21(24(27)30)22(28)26-17-8-4-3-5-9-17/h3-15,21H,2H2,1H3,(H,26,28). The van der Waals surface area contributed by atoms with E-state index in [4.69, 9.17) is 4.74 Å². The fraction of sp³-hybridized carbons (Fsp3) is 0.120. The van der Waals surface area contributed by atoms with Crippen LogP contribution in [0.2, 0.25) is 0 Å². The summed E-state index contributed by atoms with van der Waals surface area (Å²) in [5, 5.41) is 2.75. The summed E-state index contributed by atoms with van der Waals surface area (Å²) >= 11 is 0. The quantitative estimate of drug-likeness (QED) is 0.379. The van der Waals surface area contributed by atoms with Crippen LogP contribution in [0, 0.1) is 0 Å². The van der Waals surface area contributed by atoms with Crippen LogP contribution < -0.4 is 10.2 Å². The largest absolute Gasteiger partial charge is 0.462 e. The molecule has 1 heterocycles. The monoisotopic (exact) mass is 428 g/mol. The number of amides is 3. The minimum atomic E-state index is -1.20. The summed E-state index contributed by atoms with van der Waals surface area (Å²) in [6.45, 7) is 1.94. The molecule has 0 aromatic heterocycles. The SMILES string of the molecule is CCOC(=O)c1ccc(N2C(=O)c3ccccc3C(C(=O)Nc3ccccc3)C2=O)cc1. The number of anilines is 2. The number of rotatable bonds is 5. The highest BCUT2D eigenvalue weighted by molar-refractivity contribution is 6.31. The molecule has 0 spiro atoms. The van der Waals surface area contributed by atoms with Crippen LogP contribution in [0.3, 0.4) is 0 Å². The van der Waals surface area contributed by atoms with Crippen molar-refractivity contribution in [3.63, 3.8) is 0 Å². The Morgan fingerprint density at radius 2 is 1.56 bits per heavy atom. The first kappa shape index (κ1) is 21.0. The second-order valence-electron chi connectivity index (χ2n) is 7.12. The second-order valence-corrected chi connectivity index (χ2v) is 7.12. The first-order chi connectivity index (χ1) is 15.5. The molecular weight excluding hydrogens is 408 g/mol. The molecule has 3 aromatic rings. The topological polar surface area (TPSA) is 92.8 Å². The number of benzene rings is 3. The lowest BCUT2D eigenvalue weighted by molar-refractivity contribution is -0.127. The van der Waals surface area contributed by atoms with E-state index >= 15 is 0 Å². The van der Waals surface area contributed by atoms with Gasteiger partial charge < -0.3 is 10.1 Å². The number of hydrogen-bond acceptors (Lipinski definition) is 5. The van der Waals surface area contributed by atoms with E-state index in [1.54, 1.807) is 55.5 Å². The van der Waals surface area contributed by atoms with Gasteiger partial charge in [-0.3, -0.25) is 14.4 Å². The van der Waals surface area contributed by atoms with Crippen molar-refractivity contribution >= 4 is 35.1 Å². The highest BCUT2D eigenvalue weighted by Crippen LogP contribution is 2.33. The molecule has 4 rings (SSSR count). The zero-order valence-electron chi connectivity index (χ0n) is 17.3. The van der Waals surface area contributed by atoms with Crippen LogP contribution in [0.5, 0.6) is 0 Å². The predicted molar refractivity (Wildman–Crippen MR) is 118 cm³/mol. The number of carbonyl (C=O) groups is 4. The third-order valence-electron chi connectivity index (χ3n) is 5.11. The van der Waals surface area contributed by atoms with Gasteiger partial charge in [-0.2, -0.15) is 0 Å². The van der Waals surface area contributed by atoms with E-state index in [9.17, 15) is 19.2 Å². The smallest absolute Gasteiger partial charge is 0.338 e. The number of nitrogens with zero attached hydrogens (tertiary/aromatic N) is 1. The third kappa shape index (κ3) is 3.88. The fourth-order valence-corrected chi connectivity index (χ4v) is 3.62. The Morgan fingerprint density at radius 1 is 0.906 bits per heavy atom. The van der Waals surface area contributed by atoms with Crippen molar-refractivity contribution in [2.45, 2.75) is 12.8 Å². The molecule has 0 radical (unpaired) electrons. The average molecular weight is 428 g/mol. The lowest BCUT2D eigenvalue weighted by Gasteiger charge is -2.32. The summed E-state index contributed by atoms with van der Waals surface area (Å²) in [6, 6.07) is 21.3. The Labute approximate surface area is 184 Å². The van der Waals surface area contributed by atoms with Crippen molar-refractivity contribution in [3.05, 3.63) is 95.6 Å². The molecule has 3 aromatic carbocycles. The molecule has 0 bridgehead atoms. The normalized spacial score (nSPS) is 15.2. The summed E-state index contributed by atoms with van der Waals surface area (Å²) in [5.41, 5.74) is 1.74. The summed E-state index contributed by atoms with van der Waals surface area (Å²) in [6.07, 6.45) is 0. The minimum absolute atomic E-state index is 0.235. The van der Waals surface area contributed by atoms with Gasteiger partial charge in [0.15, 0.2) is 0 Å². The van der Waals surface area contributed by atoms with E-state index in [1.165, 1.54) is 24.3 Å². The zero-order chi connectivity index (χ0) is 22.7. The van der Waals surface area contributed by atoms with Crippen LogP contribution in [0.25, 0.3) is 0 Å². The molecule has 1 atom stereocenters. The number of carbonyl (C=O) groups excluding carboxylic acids is 4. The molecule has 0 aliphatic carbocycles. The minimum Gasteiger partial charge on any atom is -0.462 e. The van der Waals surface area contributed by atoms with Gasteiger partial charge in [0, 0.05) is 11.3 Å². The van der Waals surface area contributed by atoms with E-state index in [-0.39, 0.29) is 17.9 Å². The van der Waals surface area contributed by atoms with Crippen LogP contribution in [-0.4, -0.2) is 30.3 Å². The number of ether oxygens (including phenoxy) is 1. The van der Waals surface area contributed by atoms with Gasteiger partial charge in [0.1, 0.15) is 5.92 Å². The van der Waals surface area contributed by atoms with Crippen LogP contribution in [0.1, 0.15) is 39.1 Å². The summed E-state index contributed by atoms with van der Waals surface area (Å²) in [4.78, 5) is 52.6. The van der Waals surface area contributed by atoms with Crippen LogP contribution in [0.15, 0.2) is 78.9 Å². The summed E-state index contributed by atoms with van der Waals surface area (Å²) in [7, 11) is 0. The van der Waals surface area contributed by atoms with Gasteiger partial charge in [-0.25, -0.2) is 9.69 Å². The van der Waals surface area contributed by atoms with Crippen LogP contribution in [-0.2, 0) is 14.3 Å². The van der Waals surface area contributed by atoms with Crippen molar-refractivity contribution in [1.82, 2.24) is 0 Å². The molecule has 0 saturated heterocycles. The van der Waals surface area contributed by atoms with Crippen molar-refractivity contribution in [2.75, 3.05) is 16.8 Å². The number of imide groups is 1. The van der Waals surface area contributed by atoms with Gasteiger partial charge in [0.2, 0.25) is 5.91 Å². The molecule has 7 heteroatoms. The molecule has 32 heavy (non-hydrogen) atoms. The van der Waals surface area contributed by atoms with Gasteiger partial charge in [-0.1, -0.05) is 36.4 Å². The summed E-state index contributed by atoms with van der Waals surface area (Å²) < 4.78 is 4.97. The molecule has 1 aliphatic heterocycles. The third-order valence-corrected chi connectivity index (χ3v) is 5.11. The molecule has 0 saturated carbocycles. The lowest BCUT2D eigenvalue weighted by atomic mass is 9.87. The van der Waals surface area contributed by atoms with Crippen molar-refractivity contribution in [3.8, 4) is 0 Å². The molecule has 3 amide bonds. The van der Waals surface area contributed by atoms with E-state index in [2.05, 4.69) is 5.32 Å².